The van der Waals surface area contributed by atoms with Gasteiger partial charge >= 0.3 is 0 Å². The van der Waals surface area contributed by atoms with E-state index in [-0.39, 0.29) is 6.54 Å². The van der Waals surface area contributed by atoms with E-state index in [1.165, 1.54) is 0 Å². The van der Waals surface area contributed by atoms with Crippen molar-refractivity contribution in [3.05, 3.63) is 83.2 Å². The van der Waals surface area contributed by atoms with Crippen LogP contribution in [-0.2, 0) is 27.7 Å². The Hall–Kier alpha value is -2.62. The van der Waals surface area contributed by atoms with Crippen molar-refractivity contribution < 1.29 is 21.9 Å². The molecule has 6 nitrogen and oxygen atoms in total. The van der Waals surface area contributed by atoms with Crippen LogP contribution in [0.1, 0.15) is 22.9 Å². The van der Waals surface area contributed by atoms with E-state index >= 15 is 0 Å². The summed E-state index contributed by atoms with van der Waals surface area (Å²) in [7, 11) is -4.24. The van der Waals surface area contributed by atoms with Gasteiger partial charge in [0, 0.05) is 12.7 Å². The molecule has 1 aliphatic heterocycles. The molecule has 0 spiro atoms. The second kappa shape index (κ2) is 8.02. The van der Waals surface area contributed by atoms with Gasteiger partial charge in [0.15, 0.2) is 0 Å². The van der Waals surface area contributed by atoms with Crippen molar-refractivity contribution in [1.29, 1.82) is 0 Å². The topological polar surface area (TPSA) is 73.2 Å². The van der Waals surface area contributed by atoms with Crippen LogP contribution in [0.5, 0.6) is 0 Å². The Balaban J connectivity index is 1.50. The van der Waals surface area contributed by atoms with Gasteiger partial charge in [-0.1, -0.05) is 30.3 Å². The van der Waals surface area contributed by atoms with Crippen LogP contribution in [0.15, 0.2) is 59.6 Å². The molecule has 4 rings (SSSR count). The summed E-state index contributed by atoms with van der Waals surface area (Å²) in [4.78, 5) is -0.733. The first-order chi connectivity index (χ1) is 13.9. The minimum atomic E-state index is -4.24. The van der Waals surface area contributed by atoms with Gasteiger partial charge in [-0.05, 0) is 35.7 Å². The van der Waals surface area contributed by atoms with E-state index in [9.17, 15) is 17.2 Å². The highest BCUT2D eigenvalue weighted by Crippen LogP contribution is 2.26. The van der Waals surface area contributed by atoms with E-state index in [1.807, 2.05) is 36.5 Å². The van der Waals surface area contributed by atoms with Crippen LogP contribution >= 0.6 is 0 Å². The normalized spacial score (nSPS) is 16.6. The summed E-state index contributed by atoms with van der Waals surface area (Å²) in [5.74, 6) is -1.85. The third-order valence-electron chi connectivity index (χ3n) is 4.69. The maximum atomic E-state index is 13.8. The van der Waals surface area contributed by atoms with E-state index in [1.54, 1.807) is 4.68 Å². The molecule has 2 heterocycles. The number of nitrogens with zero attached hydrogens (tertiary/aromatic N) is 2. The first-order valence-corrected chi connectivity index (χ1v) is 10.6. The highest BCUT2D eigenvalue weighted by atomic mass is 32.2. The number of benzene rings is 2. The Bertz CT molecular complexity index is 1120. The highest BCUT2D eigenvalue weighted by molar-refractivity contribution is 7.89. The number of sulfonamides is 1. The molecule has 2 aromatic carbocycles. The van der Waals surface area contributed by atoms with Crippen molar-refractivity contribution in [3.8, 4) is 0 Å². The van der Waals surface area contributed by atoms with Crippen LogP contribution in [0, 0.1) is 11.6 Å². The van der Waals surface area contributed by atoms with Crippen LogP contribution in [0.2, 0.25) is 0 Å². The predicted molar refractivity (Wildman–Crippen MR) is 102 cm³/mol. The van der Waals surface area contributed by atoms with E-state index in [0.717, 1.165) is 23.3 Å². The second-order valence-electron chi connectivity index (χ2n) is 6.76. The Morgan fingerprint density at radius 3 is 2.76 bits per heavy atom. The van der Waals surface area contributed by atoms with Gasteiger partial charge in [-0.25, -0.2) is 21.9 Å². The van der Waals surface area contributed by atoms with Crippen LogP contribution in [0.4, 0.5) is 8.78 Å². The molecule has 1 N–H and O–H groups in total. The van der Waals surface area contributed by atoms with Gasteiger partial charge in [0.2, 0.25) is 10.0 Å². The highest BCUT2D eigenvalue weighted by Gasteiger charge is 2.28. The number of nitrogens with one attached hydrogen (secondary N) is 1. The largest absolute Gasteiger partial charge is 0.370 e. The molecule has 1 aromatic heterocycles. The Morgan fingerprint density at radius 2 is 1.97 bits per heavy atom. The van der Waals surface area contributed by atoms with Gasteiger partial charge in [0.05, 0.1) is 18.8 Å². The van der Waals surface area contributed by atoms with Crippen molar-refractivity contribution in [2.75, 3.05) is 13.2 Å². The van der Waals surface area contributed by atoms with Crippen molar-refractivity contribution in [3.63, 3.8) is 0 Å². The number of fused-ring (bicyclic) bond motifs is 1. The molecule has 0 saturated carbocycles. The van der Waals surface area contributed by atoms with E-state index < -0.39 is 32.7 Å². The van der Waals surface area contributed by atoms with Gasteiger partial charge < -0.3 is 4.74 Å². The Kier molecular flexibility index (Phi) is 5.44. The zero-order valence-corrected chi connectivity index (χ0v) is 16.2. The number of aromatic nitrogens is 2. The summed E-state index contributed by atoms with van der Waals surface area (Å²) in [6.07, 6.45) is 1.99. The standard InChI is InChI=1S/C20H19F2N3O3S/c21-16-6-7-17(22)19(10-16)29(26,27)23-11-18-20-15(8-9-28-18)13-25(24-20)12-14-4-2-1-3-5-14/h1-7,10,13,18,23H,8-9,11-12H2. The SMILES string of the molecule is O=S(=O)(NCC1OCCc2cn(Cc3ccccc3)nc21)c1cc(F)ccc1F. The lowest BCUT2D eigenvalue weighted by atomic mass is 10.1. The van der Waals surface area contributed by atoms with Gasteiger partial charge in [-0.3, -0.25) is 4.68 Å². The summed E-state index contributed by atoms with van der Waals surface area (Å²) in [5, 5.41) is 4.56. The number of rotatable bonds is 6. The molecule has 0 fully saturated rings. The van der Waals surface area contributed by atoms with Crippen LogP contribution < -0.4 is 4.72 Å². The summed E-state index contributed by atoms with van der Waals surface area (Å²) < 4.78 is 61.8. The van der Waals surface area contributed by atoms with Crippen molar-refractivity contribution in [1.82, 2.24) is 14.5 Å². The molecular formula is C20H19F2N3O3S. The van der Waals surface area contributed by atoms with Gasteiger partial charge in [0.1, 0.15) is 22.6 Å². The number of hydrogen-bond donors (Lipinski definition) is 1. The molecule has 0 saturated heterocycles. The maximum Gasteiger partial charge on any atom is 0.243 e. The van der Waals surface area contributed by atoms with Gasteiger partial charge in [-0.15, -0.1) is 0 Å². The zero-order chi connectivity index (χ0) is 20.4. The fourth-order valence-electron chi connectivity index (χ4n) is 3.28. The third-order valence-corrected chi connectivity index (χ3v) is 6.13. The molecule has 0 aliphatic carbocycles. The lowest BCUT2D eigenvalue weighted by molar-refractivity contribution is 0.0430. The van der Waals surface area contributed by atoms with Crippen molar-refractivity contribution >= 4 is 10.0 Å². The summed E-state index contributed by atoms with van der Waals surface area (Å²) in [6, 6.07) is 12.1. The predicted octanol–water partition coefficient (Wildman–Crippen LogP) is 2.80. The first-order valence-electron chi connectivity index (χ1n) is 9.09. The Morgan fingerprint density at radius 1 is 1.17 bits per heavy atom. The average molecular weight is 419 g/mol. The molecule has 1 aliphatic rings. The van der Waals surface area contributed by atoms with Crippen molar-refractivity contribution in [2.45, 2.75) is 24.0 Å². The van der Waals surface area contributed by atoms with Gasteiger partial charge in [0.25, 0.3) is 0 Å². The molecule has 1 unspecified atom stereocenters. The maximum absolute atomic E-state index is 13.8. The van der Waals surface area contributed by atoms with Gasteiger partial charge in [-0.2, -0.15) is 5.10 Å². The average Bonchev–Trinajstić information content (AvgIpc) is 3.12. The lowest BCUT2D eigenvalue weighted by Crippen LogP contribution is -2.32. The number of ether oxygens (including phenoxy) is 1. The molecule has 3 aromatic rings. The zero-order valence-electron chi connectivity index (χ0n) is 15.4. The number of hydrogen-bond acceptors (Lipinski definition) is 4. The first kappa shape index (κ1) is 19.7. The fraction of sp³-hybridized carbons (Fsp3) is 0.250. The van der Waals surface area contributed by atoms with Crippen LogP contribution in [0.3, 0.4) is 0 Å². The fourth-order valence-corrected chi connectivity index (χ4v) is 4.40. The second-order valence-corrected chi connectivity index (χ2v) is 8.49. The Labute approximate surface area is 167 Å². The van der Waals surface area contributed by atoms with Crippen LogP contribution in [0.25, 0.3) is 0 Å². The third kappa shape index (κ3) is 4.36. The number of halogens is 2. The van der Waals surface area contributed by atoms with E-state index in [0.29, 0.717) is 31.3 Å². The smallest absolute Gasteiger partial charge is 0.243 e. The summed E-state index contributed by atoms with van der Waals surface area (Å²) in [5.41, 5.74) is 2.72. The molecule has 0 amide bonds. The minimum Gasteiger partial charge on any atom is -0.370 e. The molecule has 29 heavy (non-hydrogen) atoms. The molecule has 1 atom stereocenters. The lowest BCUT2D eigenvalue weighted by Gasteiger charge is -2.22. The monoisotopic (exact) mass is 419 g/mol. The molecule has 152 valence electrons. The summed E-state index contributed by atoms with van der Waals surface area (Å²) >= 11 is 0. The molecule has 0 radical (unpaired) electrons. The molecule has 9 heteroatoms. The minimum absolute atomic E-state index is 0.131. The summed E-state index contributed by atoms with van der Waals surface area (Å²) in [6.45, 7) is 0.874. The van der Waals surface area contributed by atoms with Crippen LogP contribution in [-0.4, -0.2) is 31.3 Å². The quantitative estimate of drug-likeness (QED) is 0.667. The van der Waals surface area contributed by atoms with Crippen molar-refractivity contribution in [2.24, 2.45) is 0 Å². The molecular weight excluding hydrogens is 400 g/mol. The molecule has 0 bridgehead atoms. The van der Waals surface area contributed by atoms with E-state index in [2.05, 4.69) is 9.82 Å². The van der Waals surface area contributed by atoms with E-state index in [4.69, 9.17) is 4.74 Å².